The maximum atomic E-state index is 10.0. The summed E-state index contributed by atoms with van der Waals surface area (Å²) in [6, 6.07) is 0. The monoisotopic (exact) mass is 192 g/mol. The van der Waals surface area contributed by atoms with Gasteiger partial charge in [-0.2, -0.15) is 8.42 Å². The molecule has 0 aliphatic rings. The molecule has 0 atom stereocenters. The van der Waals surface area contributed by atoms with Crippen molar-refractivity contribution in [2.24, 2.45) is 0 Å². The summed E-state index contributed by atoms with van der Waals surface area (Å²) in [4.78, 5) is 20.0. The van der Waals surface area contributed by atoms with E-state index in [0.29, 0.717) is 0 Å². The quantitative estimate of drug-likeness (QED) is 0.284. The second-order valence-electron chi connectivity index (χ2n) is 1.35. The molecule has 0 aliphatic carbocycles. The van der Waals surface area contributed by atoms with Gasteiger partial charge in [-0.15, -0.1) is 0 Å². The average Bonchev–Trinajstić information content (AvgIpc) is 1.60. The second kappa shape index (κ2) is 9.40. The first-order chi connectivity index (χ1) is 4.33. The third kappa shape index (κ3) is 15.6. The Labute approximate surface area is 112 Å². The van der Waals surface area contributed by atoms with Crippen LogP contribution >= 0.6 is 0 Å². The summed E-state index contributed by atoms with van der Waals surface area (Å²) in [7, 11) is -4.84. The second-order valence-corrected chi connectivity index (χ2v) is 2.38. The fourth-order valence-corrected chi connectivity index (χ4v) is 0.463. The Morgan fingerprint density at radius 1 is 1.15 bits per heavy atom. The SMILES string of the molecule is CC(=O)C(=O)OS(=O)(=O)O.[LiH].[LiH].[LiH]. The van der Waals surface area contributed by atoms with Crippen molar-refractivity contribution < 1.29 is 26.7 Å². The third-order valence-electron chi connectivity index (χ3n) is 0.468. The van der Waals surface area contributed by atoms with E-state index >= 15 is 0 Å². The van der Waals surface area contributed by atoms with Gasteiger partial charge in [-0.3, -0.25) is 9.35 Å². The van der Waals surface area contributed by atoms with Gasteiger partial charge in [0, 0.05) is 6.92 Å². The Hall–Kier alpha value is 0.842. The van der Waals surface area contributed by atoms with E-state index in [0.717, 1.165) is 6.92 Å². The van der Waals surface area contributed by atoms with Crippen molar-refractivity contribution in [3.8, 4) is 0 Å². The summed E-state index contributed by atoms with van der Waals surface area (Å²) in [6.07, 6.45) is 0. The van der Waals surface area contributed by atoms with Crippen molar-refractivity contribution in [1.82, 2.24) is 0 Å². The van der Waals surface area contributed by atoms with E-state index in [1.165, 1.54) is 0 Å². The van der Waals surface area contributed by atoms with Crippen LogP contribution in [0.4, 0.5) is 0 Å². The minimum absolute atomic E-state index is 0. The molecule has 0 aromatic carbocycles. The van der Waals surface area contributed by atoms with Gasteiger partial charge in [-0.1, -0.05) is 0 Å². The van der Waals surface area contributed by atoms with Gasteiger partial charge in [0.15, 0.2) is 0 Å². The molecule has 0 bridgehead atoms. The van der Waals surface area contributed by atoms with E-state index in [4.69, 9.17) is 4.55 Å². The molecule has 6 nitrogen and oxygen atoms in total. The molecule has 0 rings (SSSR count). The first-order valence-electron chi connectivity index (χ1n) is 2.04. The van der Waals surface area contributed by atoms with Crippen LogP contribution in [0.3, 0.4) is 0 Å². The molecule has 1 N–H and O–H groups in total. The number of hydrogen-bond acceptors (Lipinski definition) is 5. The van der Waals surface area contributed by atoms with Gasteiger partial charge in [0.05, 0.1) is 0 Å². The number of hydrogen-bond donors (Lipinski definition) is 1. The Balaban J connectivity index is -0.000000135. The number of rotatable bonds is 2. The molecule has 10 heteroatoms. The van der Waals surface area contributed by atoms with Crippen LogP contribution in [0.5, 0.6) is 0 Å². The predicted molar refractivity (Wildman–Crippen MR) is 49.8 cm³/mol. The molecule has 64 valence electrons. The summed E-state index contributed by atoms with van der Waals surface area (Å²) < 4.78 is 30.5. The maximum absolute atomic E-state index is 10.0. The van der Waals surface area contributed by atoms with Gasteiger partial charge in [-0.25, -0.2) is 4.79 Å². The standard InChI is InChI=1S/C3H4O6S.3Li.3H/c1-2(4)3(5)9-10(6,7)8;;;;;;/h1H3,(H,6,7,8);;;;;;. The van der Waals surface area contributed by atoms with E-state index in [2.05, 4.69) is 4.18 Å². The molecular formula is C3H7Li3O6S. The minimum atomic E-state index is -4.84. The Kier molecular flexibility index (Phi) is 17.0. The van der Waals surface area contributed by atoms with Crippen molar-refractivity contribution in [3.63, 3.8) is 0 Å². The molecule has 0 fully saturated rings. The molecule has 0 heterocycles. The van der Waals surface area contributed by atoms with Crippen LogP contribution in [-0.2, 0) is 24.2 Å². The Morgan fingerprint density at radius 2 is 1.46 bits per heavy atom. The van der Waals surface area contributed by atoms with Crippen LogP contribution in [0, 0.1) is 0 Å². The molecule has 0 radical (unpaired) electrons. The summed E-state index contributed by atoms with van der Waals surface area (Å²) >= 11 is 0. The van der Waals surface area contributed by atoms with Crippen molar-refractivity contribution >= 4 is 78.7 Å². The van der Waals surface area contributed by atoms with Crippen LogP contribution in [0.1, 0.15) is 6.92 Å². The topological polar surface area (TPSA) is 97.7 Å². The number of carbonyl (C=O) groups is 2. The fraction of sp³-hybridized carbons (Fsp3) is 0.333. The summed E-state index contributed by atoms with van der Waals surface area (Å²) in [6.45, 7) is 0.813. The van der Waals surface area contributed by atoms with E-state index < -0.39 is 22.2 Å². The van der Waals surface area contributed by atoms with Gasteiger partial charge in [0.2, 0.25) is 5.78 Å². The summed E-state index contributed by atoms with van der Waals surface area (Å²) in [5.41, 5.74) is 0. The summed E-state index contributed by atoms with van der Waals surface area (Å²) in [5, 5.41) is 0. The zero-order chi connectivity index (χ0) is 8.36. The van der Waals surface area contributed by atoms with Gasteiger partial charge in [0.25, 0.3) is 0 Å². The summed E-state index contributed by atoms with van der Waals surface area (Å²) in [5.74, 6) is -2.71. The number of carbonyl (C=O) groups excluding carboxylic acids is 2. The van der Waals surface area contributed by atoms with Gasteiger partial charge >= 0.3 is 73.0 Å². The molecule has 0 aromatic heterocycles. The van der Waals surface area contributed by atoms with Gasteiger partial charge in [-0.05, 0) is 0 Å². The van der Waals surface area contributed by atoms with Crippen LogP contribution in [0.2, 0.25) is 0 Å². The molecule has 0 amide bonds. The predicted octanol–water partition coefficient (Wildman–Crippen LogP) is -3.02. The van der Waals surface area contributed by atoms with Crippen LogP contribution in [0.25, 0.3) is 0 Å². The fourth-order valence-electron chi connectivity index (χ4n) is 0.154. The third-order valence-corrected chi connectivity index (χ3v) is 0.830. The van der Waals surface area contributed by atoms with Crippen molar-refractivity contribution in [1.29, 1.82) is 0 Å². The molecule has 0 spiro atoms. The van der Waals surface area contributed by atoms with Gasteiger partial charge in [0.1, 0.15) is 0 Å². The molecular weight excluding hydrogens is 185 g/mol. The van der Waals surface area contributed by atoms with E-state index in [1.807, 2.05) is 0 Å². The first kappa shape index (κ1) is 23.6. The van der Waals surface area contributed by atoms with E-state index in [-0.39, 0.29) is 56.6 Å². The van der Waals surface area contributed by atoms with E-state index in [9.17, 15) is 18.0 Å². The first-order valence-corrected chi connectivity index (χ1v) is 3.41. The average molecular weight is 192 g/mol. The normalized spacial score (nSPS) is 8.15. The van der Waals surface area contributed by atoms with Crippen molar-refractivity contribution in [2.45, 2.75) is 6.92 Å². The van der Waals surface area contributed by atoms with Gasteiger partial charge < -0.3 is 4.18 Å². The Bertz CT molecular complexity index is 258. The van der Waals surface area contributed by atoms with Crippen molar-refractivity contribution in [3.05, 3.63) is 0 Å². The van der Waals surface area contributed by atoms with Crippen LogP contribution in [-0.4, -0.2) is 81.3 Å². The molecule has 0 aromatic rings. The number of ketones is 1. The van der Waals surface area contributed by atoms with Crippen LogP contribution in [0.15, 0.2) is 0 Å². The molecule has 0 saturated heterocycles. The van der Waals surface area contributed by atoms with E-state index in [1.54, 1.807) is 0 Å². The number of Topliss-reactive ketones (excluding diaryl/α,β-unsaturated/α-hetero) is 1. The Morgan fingerprint density at radius 3 is 1.54 bits per heavy atom. The molecule has 13 heavy (non-hydrogen) atoms. The zero-order valence-electron chi connectivity index (χ0n) is 4.90. The molecule has 0 aliphatic heterocycles. The molecule has 0 unspecified atom stereocenters. The zero-order valence-corrected chi connectivity index (χ0v) is 5.71. The van der Waals surface area contributed by atoms with Crippen molar-refractivity contribution in [2.75, 3.05) is 0 Å². The molecule has 0 saturated carbocycles. The van der Waals surface area contributed by atoms with Crippen LogP contribution < -0.4 is 0 Å².